The standard InChI is InChI=1S/C36H27Cl2FN2O5S/c1-3-45-35(43)30-31(23-7-5-4-6-8-23)40-36-41(32(30)24-11-13-25(37)14-12-24)34(42)29(47-36)19-22-17-27(38)33(28(18-22)44-2)46-20-21-9-15-26(39)16-10-21/h4-19,32H,3,20H2,1-2H3/b29-19-/t32-/m1/s1. The van der Waals surface area contributed by atoms with Crippen molar-refractivity contribution < 1.29 is 23.4 Å². The third kappa shape index (κ3) is 6.74. The van der Waals surface area contributed by atoms with E-state index in [1.165, 1.54) is 35.1 Å². The van der Waals surface area contributed by atoms with E-state index in [1.54, 1.807) is 61.5 Å². The molecular weight excluding hydrogens is 662 g/mol. The van der Waals surface area contributed by atoms with Gasteiger partial charge in [-0.15, -0.1) is 0 Å². The van der Waals surface area contributed by atoms with Gasteiger partial charge in [0.25, 0.3) is 5.56 Å². The van der Waals surface area contributed by atoms with Crippen LogP contribution in [0.4, 0.5) is 4.39 Å². The number of hydrogen-bond donors (Lipinski definition) is 0. The van der Waals surface area contributed by atoms with Crippen molar-refractivity contribution in [2.24, 2.45) is 4.99 Å². The van der Waals surface area contributed by atoms with Gasteiger partial charge in [-0.2, -0.15) is 0 Å². The zero-order valence-corrected chi connectivity index (χ0v) is 27.5. The van der Waals surface area contributed by atoms with E-state index in [9.17, 15) is 14.0 Å². The van der Waals surface area contributed by atoms with Crippen molar-refractivity contribution in [1.82, 2.24) is 4.57 Å². The zero-order valence-electron chi connectivity index (χ0n) is 25.2. The average Bonchev–Trinajstić information content (AvgIpc) is 3.38. The number of benzene rings is 4. The molecule has 0 bridgehead atoms. The number of nitrogens with zero attached hydrogens (tertiary/aromatic N) is 2. The Bertz CT molecular complexity index is 2160. The number of ether oxygens (including phenoxy) is 3. The molecule has 11 heteroatoms. The molecule has 2 heterocycles. The van der Waals surface area contributed by atoms with Gasteiger partial charge in [0.05, 0.1) is 40.6 Å². The number of hydrogen-bond acceptors (Lipinski definition) is 7. The SMILES string of the molecule is CCOC(=O)C1=C(c2ccccc2)N=c2s/c(=C\c3cc(Cl)c(OCc4ccc(F)cc4)c(OC)c3)c(=O)n2[C@@H]1c1ccc(Cl)cc1. The Morgan fingerprint density at radius 1 is 1.02 bits per heavy atom. The molecule has 1 aliphatic rings. The molecule has 0 aliphatic carbocycles. The second-order valence-electron chi connectivity index (χ2n) is 10.4. The highest BCUT2D eigenvalue weighted by Crippen LogP contribution is 2.38. The first kappa shape index (κ1) is 32.2. The van der Waals surface area contributed by atoms with Crippen LogP contribution in [0.3, 0.4) is 0 Å². The van der Waals surface area contributed by atoms with Crippen LogP contribution in [0.25, 0.3) is 11.8 Å². The van der Waals surface area contributed by atoms with Gasteiger partial charge in [-0.05, 0) is 66.1 Å². The van der Waals surface area contributed by atoms with Crippen LogP contribution in [0.1, 0.15) is 35.2 Å². The van der Waals surface area contributed by atoms with Gasteiger partial charge in [0, 0.05) is 10.6 Å². The second kappa shape index (κ2) is 14.0. The summed E-state index contributed by atoms with van der Waals surface area (Å²) >= 11 is 14.0. The minimum absolute atomic E-state index is 0.144. The van der Waals surface area contributed by atoms with Crippen molar-refractivity contribution in [3.63, 3.8) is 0 Å². The van der Waals surface area contributed by atoms with E-state index in [0.717, 1.165) is 5.56 Å². The number of halogens is 3. The third-order valence-corrected chi connectivity index (χ3v) is 8.92. The van der Waals surface area contributed by atoms with Crippen LogP contribution in [-0.2, 0) is 16.1 Å². The van der Waals surface area contributed by atoms with Crippen molar-refractivity contribution in [1.29, 1.82) is 0 Å². The second-order valence-corrected chi connectivity index (χ2v) is 12.3. The predicted octanol–water partition coefficient (Wildman–Crippen LogP) is 6.97. The van der Waals surface area contributed by atoms with Crippen molar-refractivity contribution in [3.8, 4) is 11.5 Å². The Morgan fingerprint density at radius 2 is 1.74 bits per heavy atom. The summed E-state index contributed by atoms with van der Waals surface area (Å²) in [6.07, 6.45) is 1.69. The summed E-state index contributed by atoms with van der Waals surface area (Å²) in [7, 11) is 1.49. The molecule has 0 spiro atoms. The Morgan fingerprint density at radius 3 is 2.43 bits per heavy atom. The summed E-state index contributed by atoms with van der Waals surface area (Å²) in [6, 6.07) is 24.8. The fourth-order valence-corrected chi connectivity index (χ4v) is 6.65. The molecule has 4 aromatic carbocycles. The van der Waals surface area contributed by atoms with E-state index in [2.05, 4.69) is 0 Å². The smallest absolute Gasteiger partial charge is 0.338 e. The monoisotopic (exact) mass is 688 g/mol. The van der Waals surface area contributed by atoms with Gasteiger partial charge >= 0.3 is 5.97 Å². The van der Waals surface area contributed by atoms with Crippen LogP contribution in [0.2, 0.25) is 10.0 Å². The number of carbonyl (C=O) groups excluding carboxylic acids is 1. The van der Waals surface area contributed by atoms with Gasteiger partial charge in [0.15, 0.2) is 16.3 Å². The lowest BCUT2D eigenvalue weighted by atomic mass is 9.93. The topological polar surface area (TPSA) is 79.1 Å². The third-order valence-electron chi connectivity index (χ3n) is 7.41. The largest absolute Gasteiger partial charge is 0.493 e. The highest BCUT2D eigenvalue weighted by Gasteiger charge is 2.35. The van der Waals surface area contributed by atoms with Gasteiger partial charge in [0.2, 0.25) is 0 Å². The van der Waals surface area contributed by atoms with Crippen LogP contribution in [0, 0.1) is 5.82 Å². The number of esters is 1. The molecule has 0 amide bonds. The van der Waals surface area contributed by atoms with Gasteiger partial charge in [-0.25, -0.2) is 14.2 Å². The van der Waals surface area contributed by atoms with Crippen LogP contribution in [0.5, 0.6) is 11.5 Å². The maximum atomic E-state index is 14.2. The first-order chi connectivity index (χ1) is 22.8. The first-order valence-corrected chi connectivity index (χ1v) is 16.1. The number of aromatic nitrogens is 1. The summed E-state index contributed by atoms with van der Waals surface area (Å²) < 4.78 is 32.2. The Hall–Kier alpha value is -4.70. The molecule has 1 aromatic heterocycles. The Kier molecular flexibility index (Phi) is 9.58. The van der Waals surface area contributed by atoms with Crippen LogP contribution >= 0.6 is 34.5 Å². The molecule has 0 saturated carbocycles. The molecule has 47 heavy (non-hydrogen) atoms. The maximum Gasteiger partial charge on any atom is 0.338 e. The Balaban J connectivity index is 1.48. The number of thiazole rings is 1. The number of methoxy groups -OCH3 is 1. The lowest BCUT2D eigenvalue weighted by Gasteiger charge is -2.25. The molecule has 6 rings (SSSR count). The number of rotatable bonds is 9. The van der Waals surface area contributed by atoms with Crippen LogP contribution in [-0.4, -0.2) is 24.3 Å². The van der Waals surface area contributed by atoms with Gasteiger partial charge in [-0.1, -0.05) is 89.1 Å². The minimum Gasteiger partial charge on any atom is -0.493 e. The summed E-state index contributed by atoms with van der Waals surface area (Å²) in [4.78, 5) is 33.1. The zero-order chi connectivity index (χ0) is 33.1. The van der Waals surface area contributed by atoms with Gasteiger partial charge in [-0.3, -0.25) is 9.36 Å². The number of fused-ring (bicyclic) bond motifs is 1. The van der Waals surface area contributed by atoms with Gasteiger partial charge < -0.3 is 14.2 Å². The molecule has 0 N–H and O–H groups in total. The summed E-state index contributed by atoms with van der Waals surface area (Å²) in [5.41, 5.74) is 3.02. The quantitative estimate of drug-likeness (QED) is 0.156. The highest BCUT2D eigenvalue weighted by atomic mass is 35.5. The minimum atomic E-state index is -0.833. The predicted molar refractivity (Wildman–Crippen MR) is 181 cm³/mol. The fourth-order valence-electron chi connectivity index (χ4n) is 5.25. The highest BCUT2D eigenvalue weighted by molar-refractivity contribution is 7.07. The fraction of sp³-hybridized carbons (Fsp3) is 0.139. The first-order valence-electron chi connectivity index (χ1n) is 14.6. The molecule has 1 aliphatic heterocycles. The van der Waals surface area contributed by atoms with E-state index in [0.29, 0.717) is 48.2 Å². The molecule has 7 nitrogen and oxygen atoms in total. The molecule has 238 valence electrons. The molecule has 0 saturated heterocycles. The average molecular weight is 690 g/mol. The molecule has 0 fully saturated rings. The maximum absolute atomic E-state index is 14.2. The van der Waals surface area contributed by atoms with Crippen LogP contribution < -0.4 is 24.4 Å². The van der Waals surface area contributed by atoms with E-state index in [-0.39, 0.29) is 35.2 Å². The molecule has 0 unspecified atom stereocenters. The van der Waals surface area contributed by atoms with Crippen molar-refractivity contribution in [3.05, 3.63) is 154 Å². The van der Waals surface area contributed by atoms with Gasteiger partial charge in [0.1, 0.15) is 12.4 Å². The molecule has 5 aromatic rings. The number of carbonyl (C=O) groups is 1. The van der Waals surface area contributed by atoms with Crippen LogP contribution in [0.15, 0.2) is 106 Å². The Labute approximate surface area is 283 Å². The van der Waals surface area contributed by atoms with E-state index in [1.807, 2.05) is 30.3 Å². The van der Waals surface area contributed by atoms with E-state index >= 15 is 0 Å². The summed E-state index contributed by atoms with van der Waals surface area (Å²) in [6.45, 7) is 2.02. The normalized spacial score (nSPS) is 14.4. The van der Waals surface area contributed by atoms with E-state index in [4.69, 9.17) is 42.4 Å². The lowest BCUT2D eigenvalue weighted by molar-refractivity contribution is -0.138. The van der Waals surface area contributed by atoms with Crippen molar-refractivity contribution in [2.45, 2.75) is 19.6 Å². The van der Waals surface area contributed by atoms with Crippen molar-refractivity contribution >= 4 is 52.3 Å². The summed E-state index contributed by atoms with van der Waals surface area (Å²) in [5, 5.41) is 0.780. The molecular formula is C36H27Cl2FN2O5S. The summed E-state index contributed by atoms with van der Waals surface area (Å²) in [5.74, 6) is -0.246. The molecule has 1 atom stereocenters. The van der Waals surface area contributed by atoms with Crippen molar-refractivity contribution in [2.75, 3.05) is 13.7 Å². The molecule has 0 radical (unpaired) electrons. The lowest BCUT2D eigenvalue weighted by Crippen LogP contribution is -2.40. The van der Waals surface area contributed by atoms with E-state index < -0.39 is 12.0 Å².